The molecule has 21 heavy (non-hydrogen) atoms. The zero-order valence-corrected chi connectivity index (χ0v) is 12.7. The minimum atomic E-state index is -0.551. The Morgan fingerprint density at radius 1 is 1.19 bits per heavy atom. The second-order valence-electron chi connectivity index (χ2n) is 4.92. The summed E-state index contributed by atoms with van der Waals surface area (Å²) < 4.78 is 13.3. The Balaban J connectivity index is 1.98. The lowest BCUT2D eigenvalue weighted by Gasteiger charge is -2.24. The zero-order chi connectivity index (χ0) is 15.2. The van der Waals surface area contributed by atoms with E-state index in [0.717, 1.165) is 17.8 Å². The van der Waals surface area contributed by atoms with Gasteiger partial charge in [0.05, 0.1) is 6.10 Å². The monoisotopic (exact) mass is 307 g/mol. The maximum Gasteiger partial charge on any atom is 0.125 e. The first kappa shape index (κ1) is 15.8. The number of benzene rings is 2. The third-order valence-corrected chi connectivity index (χ3v) is 3.73. The van der Waals surface area contributed by atoms with Crippen LogP contribution in [0.3, 0.4) is 0 Å². The molecule has 0 aliphatic rings. The molecule has 1 unspecified atom stereocenters. The first-order valence-electron chi connectivity index (χ1n) is 7.04. The lowest BCUT2D eigenvalue weighted by atomic mass is 10.1. The first-order valence-corrected chi connectivity index (χ1v) is 7.42. The molecule has 0 aliphatic carbocycles. The summed E-state index contributed by atoms with van der Waals surface area (Å²) in [5.74, 6) is -0.246. The van der Waals surface area contributed by atoms with Crippen molar-refractivity contribution in [3.05, 3.63) is 64.9 Å². The molecule has 0 saturated heterocycles. The molecule has 112 valence electrons. The van der Waals surface area contributed by atoms with Crippen LogP contribution in [0.1, 0.15) is 25.0 Å². The van der Waals surface area contributed by atoms with Crippen molar-refractivity contribution in [1.82, 2.24) is 0 Å². The highest BCUT2D eigenvalue weighted by Gasteiger charge is 2.11. The van der Waals surface area contributed by atoms with E-state index in [1.54, 1.807) is 18.2 Å². The minimum absolute atomic E-state index is 0.246. The number of aliphatic hydroxyl groups excluding tert-OH is 1. The highest BCUT2D eigenvalue weighted by atomic mass is 35.5. The standard InChI is InChI=1S/C17H19ClFNO/c1-2-20(16-5-3-4-15(19)12-16)11-10-17(21)13-6-8-14(18)9-7-13/h3-9,12,17,21H,2,10-11H2,1H3. The van der Waals surface area contributed by atoms with E-state index in [1.807, 2.05) is 30.0 Å². The highest BCUT2D eigenvalue weighted by Crippen LogP contribution is 2.21. The van der Waals surface area contributed by atoms with Crippen LogP contribution in [0.4, 0.5) is 10.1 Å². The van der Waals surface area contributed by atoms with E-state index in [2.05, 4.69) is 0 Å². The Bertz CT molecular complexity index is 573. The summed E-state index contributed by atoms with van der Waals surface area (Å²) >= 11 is 5.84. The number of aliphatic hydroxyl groups is 1. The van der Waals surface area contributed by atoms with Gasteiger partial charge >= 0.3 is 0 Å². The summed E-state index contributed by atoms with van der Waals surface area (Å²) in [5, 5.41) is 10.9. The summed E-state index contributed by atoms with van der Waals surface area (Å²) in [4.78, 5) is 2.04. The summed E-state index contributed by atoms with van der Waals surface area (Å²) in [6, 6.07) is 13.7. The Hall–Kier alpha value is -1.58. The number of rotatable bonds is 6. The number of anilines is 1. The van der Waals surface area contributed by atoms with E-state index in [9.17, 15) is 9.50 Å². The SMILES string of the molecule is CCN(CCC(O)c1ccc(Cl)cc1)c1cccc(F)c1. The van der Waals surface area contributed by atoms with Gasteiger partial charge in [0.2, 0.25) is 0 Å². The van der Waals surface area contributed by atoms with Gasteiger partial charge in [-0.05, 0) is 49.2 Å². The van der Waals surface area contributed by atoms with Crippen LogP contribution < -0.4 is 4.90 Å². The number of halogens is 2. The van der Waals surface area contributed by atoms with E-state index in [0.29, 0.717) is 18.0 Å². The van der Waals surface area contributed by atoms with Crippen LogP contribution in [-0.2, 0) is 0 Å². The molecule has 0 spiro atoms. The average Bonchev–Trinajstić information content (AvgIpc) is 2.48. The molecule has 0 aliphatic heterocycles. The van der Waals surface area contributed by atoms with Gasteiger partial charge in [-0.25, -0.2) is 4.39 Å². The molecule has 2 nitrogen and oxygen atoms in total. The first-order chi connectivity index (χ1) is 10.1. The van der Waals surface area contributed by atoms with Crippen molar-refractivity contribution in [1.29, 1.82) is 0 Å². The molecule has 1 N–H and O–H groups in total. The van der Waals surface area contributed by atoms with Crippen molar-refractivity contribution in [3.63, 3.8) is 0 Å². The van der Waals surface area contributed by atoms with E-state index >= 15 is 0 Å². The van der Waals surface area contributed by atoms with Gasteiger partial charge in [-0.3, -0.25) is 0 Å². The summed E-state index contributed by atoms with van der Waals surface area (Å²) in [6.07, 6.45) is 0.0243. The molecule has 0 bridgehead atoms. The lowest BCUT2D eigenvalue weighted by molar-refractivity contribution is 0.169. The molecule has 2 rings (SSSR count). The fourth-order valence-corrected chi connectivity index (χ4v) is 2.40. The van der Waals surface area contributed by atoms with E-state index in [1.165, 1.54) is 12.1 Å². The van der Waals surface area contributed by atoms with Gasteiger partial charge in [-0.1, -0.05) is 29.8 Å². The third kappa shape index (κ3) is 4.45. The van der Waals surface area contributed by atoms with Gasteiger partial charge in [0.1, 0.15) is 5.82 Å². The summed E-state index contributed by atoms with van der Waals surface area (Å²) in [5.41, 5.74) is 1.68. The number of hydrogen-bond donors (Lipinski definition) is 1. The molecule has 0 fully saturated rings. The van der Waals surface area contributed by atoms with Crippen LogP contribution in [0, 0.1) is 5.82 Å². The zero-order valence-electron chi connectivity index (χ0n) is 12.0. The van der Waals surface area contributed by atoms with E-state index in [4.69, 9.17) is 11.6 Å². The van der Waals surface area contributed by atoms with Crippen molar-refractivity contribution in [2.75, 3.05) is 18.0 Å². The van der Waals surface area contributed by atoms with Gasteiger partial charge < -0.3 is 10.0 Å². The molecule has 0 aromatic heterocycles. The van der Waals surface area contributed by atoms with Crippen molar-refractivity contribution in [2.45, 2.75) is 19.4 Å². The molecule has 0 radical (unpaired) electrons. The molecular formula is C17H19ClFNO. The Morgan fingerprint density at radius 3 is 2.52 bits per heavy atom. The van der Waals surface area contributed by atoms with Crippen LogP contribution in [0.15, 0.2) is 48.5 Å². The van der Waals surface area contributed by atoms with Gasteiger partial charge in [-0.2, -0.15) is 0 Å². The summed E-state index contributed by atoms with van der Waals surface area (Å²) in [7, 11) is 0. The van der Waals surface area contributed by atoms with Gasteiger partial charge in [0.15, 0.2) is 0 Å². The Labute approximate surface area is 129 Å². The van der Waals surface area contributed by atoms with Gasteiger partial charge in [0, 0.05) is 23.8 Å². The topological polar surface area (TPSA) is 23.5 Å². The number of hydrogen-bond acceptors (Lipinski definition) is 2. The smallest absolute Gasteiger partial charge is 0.125 e. The van der Waals surface area contributed by atoms with Crippen LogP contribution in [-0.4, -0.2) is 18.2 Å². The Kier molecular flexibility index (Phi) is 5.59. The van der Waals surface area contributed by atoms with E-state index in [-0.39, 0.29) is 5.82 Å². The maximum absolute atomic E-state index is 13.3. The van der Waals surface area contributed by atoms with Gasteiger partial charge in [0.25, 0.3) is 0 Å². The molecule has 2 aromatic carbocycles. The highest BCUT2D eigenvalue weighted by molar-refractivity contribution is 6.30. The third-order valence-electron chi connectivity index (χ3n) is 3.48. The molecule has 1 atom stereocenters. The second-order valence-corrected chi connectivity index (χ2v) is 5.35. The van der Waals surface area contributed by atoms with Crippen LogP contribution in [0.5, 0.6) is 0 Å². The molecule has 4 heteroatoms. The predicted molar refractivity (Wildman–Crippen MR) is 85.3 cm³/mol. The normalized spacial score (nSPS) is 12.2. The maximum atomic E-state index is 13.3. The Morgan fingerprint density at radius 2 is 1.90 bits per heavy atom. The molecule has 0 amide bonds. The van der Waals surface area contributed by atoms with Crippen LogP contribution in [0.2, 0.25) is 5.02 Å². The largest absolute Gasteiger partial charge is 0.388 e. The summed E-state index contributed by atoms with van der Waals surface area (Å²) in [6.45, 7) is 3.43. The minimum Gasteiger partial charge on any atom is -0.388 e. The predicted octanol–water partition coefficient (Wildman–Crippen LogP) is 4.43. The van der Waals surface area contributed by atoms with Crippen molar-refractivity contribution in [3.8, 4) is 0 Å². The number of nitrogens with zero attached hydrogens (tertiary/aromatic N) is 1. The quantitative estimate of drug-likeness (QED) is 0.853. The fraction of sp³-hybridized carbons (Fsp3) is 0.294. The van der Waals surface area contributed by atoms with Crippen molar-refractivity contribution >= 4 is 17.3 Å². The van der Waals surface area contributed by atoms with Gasteiger partial charge in [-0.15, -0.1) is 0 Å². The van der Waals surface area contributed by atoms with Crippen molar-refractivity contribution < 1.29 is 9.50 Å². The average molecular weight is 308 g/mol. The lowest BCUT2D eigenvalue weighted by Crippen LogP contribution is -2.25. The van der Waals surface area contributed by atoms with Crippen LogP contribution >= 0.6 is 11.6 Å². The molecule has 2 aromatic rings. The molecular weight excluding hydrogens is 289 g/mol. The van der Waals surface area contributed by atoms with Crippen LogP contribution in [0.25, 0.3) is 0 Å². The second kappa shape index (κ2) is 7.43. The van der Waals surface area contributed by atoms with E-state index < -0.39 is 6.10 Å². The fourth-order valence-electron chi connectivity index (χ4n) is 2.27. The molecule has 0 heterocycles. The van der Waals surface area contributed by atoms with Crippen molar-refractivity contribution in [2.24, 2.45) is 0 Å². The molecule has 0 saturated carbocycles.